The summed E-state index contributed by atoms with van der Waals surface area (Å²) in [7, 11) is -1.74. The van der Waals surface area contributed by atoms with Gasteiger partial charge in [0.15, 0.2) is 21.4 Å². The summed E-state index contributed by atoms with van der Waals surface area (Å²) in [6, 6.07) is 3.21. The van der Waals surface area contributed by atoms with Gasteiger partial charge in [-0.05, 0) is 38.1 Å². The van der Waals surface area contributed by atoms with Crippen LogP contribution in [0.15, 0.2) is 29.4 Å². The topological polar surface area (TPSA) is 111 Å². The molecule has 34 heavy (non-hydrogen) atoms. The van der Waals surface area contributed by atoms with Crippen LogP contribution in [0.4, 0.5) is 4.39 Å². The first-order valence-corrected chi connectivity index (χ1v) is 13.0. The number of carbonyl (C=O) groups excluding carboxylic acids is 1. The number of likely N-dealkylation sites (tertiary alicyclic amines) is 1. The zero-order valence-corrected chi connectivity index (χ0v) is 20.9. The lowest BCUT2D eigenvalue weighted by Crippen LogP contribution is -2.51. The Kier molecular flexibility index (Phi) is 8.09. The molecule has 0 spiro atoms. The van der Waals surface area contributed by atoms with E-state index in [4.69, 9.17) is 9.47 Å². The Morgan fingerprint density at radius 3 is 2.41 bits per heavy atom. The molecule has 9 nitrogen and oxygen atoms in total. The molecule has 2 heterocycles. The lowest BCUT2D eigenvalue weighted by Gasteiger charge is -2.35. The van der Waals surface area contributed by atoms with Gasteiger partial charge in [0.2, 0.25) is 17.7 Å². The van der Waals surface area contributed by atoms with Gasteiger partial charge in [-0.1, -0.05) is 13.8 Å². The molecule has 186 valence electrons. The maximum atomic E-state index is 14.4. The number of nitrogens with zero attached hydrogens (tertiary/aromatic N) is 3. The largest absolute Gasteiger partial charge is 0.474 e. The molecule has 0 unspecified atom stereocenters. The molecule has 1 aliphatic rings. The summed E-state index contributed by atoms with van der Waals surface area (Å²) in [5.41, 5.74) is 0.489. The average molecular weight is 495 g/mol. The summed E-state index contributed by atoms with van der Waals surface area (Å²) >= 11 is 0. The molecule has 1 atom stereocenters. The van der Waals surface area contributed by atoms with Crippen molar-refractivity contribution in [2.75, 3.05) is 26.4 Å². The summed E-state index contributed by atoms with van der Waals surface area (Å²) in [4.78, 5) is 22.7. The van der Waals surface area contributed by atoms with E-state index in [1.165, 1.54) is 18.5 Å². The molecule has 0 saturated carbocycles. The third-order valence-corrected chi connectivity index (χ3v) is 6.92. The van der Waals surface area contributed by atoms with Crippen LogP contribution in [0.1, 0.15) is 32.3 Å². The molecule has 3 rings (SSSR count). The second-order valence-electron chi connectivity index (χ2n) is 8.73. The number of hydrogen-bond acceptors (Lipinski definition) is 8. The first-order chi connectivity index (χ1) is 16.0. The highest BCUT2D eigenvalue weighted by Crippen LogP contribution is 2.31. The Hall–Kier alpha value is -2.79. The van der Waals surface area contributed by atoms with Crippen molar-refractivity contribution in [1.82, 2.24) is 20.2 Å². The number of amides is 1. The van der Waals surface area contributed by atoms with Gasteiger partial charge in [-0.3, -0.25) is 4.79 Å². The Morgan fingerprint density at radius 2 is 1.85 bits per heavy atom. The molecule has 2 aromatic rings. The lowest BCUT2D eigenvalue weighted by molar-refractivity contribution is -0.136. The van der Waals surface area contributed by atoms with Crippen molar-refractivity contribution in [2.45, 2.75) is 50.7 Å². The van der Waals surface area contributed by atoms with Crippen LogP contribution in [0.3, 0.4) is 0 Å². The number of benzene rings is 1. The minimum absolute atomic E-state index is 0.0915. The Morgan fingerprint density at radius 1 is 1.21 bits per heavy atom. The first kappa shape index (κ1) is 25.8. The number of halogens is 1. The van der Waals surface area contributed by atoms with Crippen LogP contribution in [0.25, 0.3) is 0 Å². The summed E-state index contributed by atoms with van der Waals surface area (Å²) in [6.45, 7) is 6.89. The number of sulfone groups is 1. The van der Waals surface area contributed by atoms with E-state index in [0.29, 0.717) is 37.4 Å². The standard InChI is InChI=1S/C23H31FN4O5S/c1-14(2)20(25-4)23(29)28-10-8-16(9-11-28)32-21-15(3)22(27-13-26-21)33-19-7-6-17(12-18(19)24)34(5,30)31/h6-7,12-14,16,20,25H,8-11H2,1-5H3/t20-/m1/s1. The van der Waals surface area contributed by atoms with Crippen molar-refractivity contribution >= 4 is 15.7 Å². The van der Waals surface area contributed by atoms with Crippen molar-refractivity contribution in [2.24, 2.45) is 5.92 Å². The van der Waals surface area contributed by atoms with Crippen LogP contribution in [-0.2, 0) is 14.6 Å². The van der Waals surface area contributed by atoms with Gasteiger partial charge in [-0.2, -0.15) is 0 Å². The van der Waals surface area contributed by atoms with Gasteiger partial charge in [0.05, 0.1) is 16.5 Å². The van der Waals surface area contributed by atoms with Crippen molar-refractivity contribution in [3.8, 4) is 17.5 Å². The van der Waals surface area contributed by atoms with Crippen LogP contribution in [-0.4, -0.2) is 67.7 Å². The fourth-order valence-corrected chi connectivity index (χ4v) is 4.46. The fraction of sp³-hybridized carbons (Fsp3) is 0.522. The SMILES string of the molecule is CN[C@@H](C(=O)N1CCC(Oc2ncnc(Oc3ccc(S(C)(=O)=O)cc3F)c2C)CC1)C(C)C. The van der Waals surface area contributed by atoms with Gasteiger partial charge < -0.3 is 19.7 Å². The quantitative estimate of drug-likeness (QED) is 0.597. The molecule has 1 saturated heterocycles. The minimum Gasteiger partial charge on any atom is -0.474 e. The molecule has 1 fully saturated rings. The summed E-state index contributed by atoms with van der Waals surface area (Å²) in [5, 5.41) is 3.09. The number of piperidine rings is 1. The number of ether oxygens (including phenoxy) is 2. The molecule has 11 heteroatoms. The van der Waals surface area contributed by atoms with E-state index >= 15 is 0 Å². The predicted octanol–water partition coefficient (Wildman–Crippen LogP) is 2.73. The molecular formula is C23H31FN4O5S. The lowest BCUT2D eigenvalue weighted by atomic mass is 10.0. The van der Waals surface area contributed by atoms with Crippen LogP contribution >= 0.6 is 0 Å². The fourth-order valence-electron chi connectivity index (χ4n) is 3.83. The van der Waals surface area contributed by atoms with Crippen molar-refractivity contribution < 1.29 is 27.1 Å². The molecule has 0 radical (unpaired) electrons. The van der Waals surface area contributed by atoms with Gasteiger partial charge in [-0.15, -0.1) is 0 Å². The van der Waals surface area contributed by atoms with Crippen LogP contribution in [0, 0.1) is 18.7 Å². The second-order valence-corrected chi connectivity index (χ2v) is 10.7. The van der Waals surface area contributed by atoms with E-state index in [1.807, 2.05) is 18.7 Å². The van der Waals surface area contributed by atoms with Crippen molar-refractivity contribution in [3.05, 3.63) is 35.9 Å². The van der Waals surface area contributed by atoms with Gasteiger partial charge in [0.1, 0.15) is 12.4 Å². The van der Waals surface area contributed by atoms with Crippen LogP contribution < -0.4 is 14.8 Å². The molecule has 0 aliphatic carbocycles. The summed E-state index contributed by atoms with van der Waals surface area (Å²) < 4.78 is 49.3. The van der Waals surface area contributed by atoms with Gasteiger partial charge in [-0.25, -0.2) is 22.8 Å². The van der Waals surface area contributed by atoms with E-state index in [0.717, 1.165) is 12.3 Å². The third-order valence-electron chi connectivity index (χ3n) is 5.81. The maximum absolute atomic E-state index is 14.4. The minimum atomic E-state index is -3.54. The number of hydrogen-bond donors (Lipinski definition) is 1. The smallest absolute Gasteiger partial charge is 0.239 e. The second kappa shape index (κ2) is 10.6. The van der Waals surface area contributed by atoms with Gasteiger partial charge in [0.25, 0.3) is 0 Å². The predicted molar refractivity (Wildman–Crippen MR) is 124 cm³/mol. The summed E-state index contributed by atoms with van der Waals surface area (Å²) in [6.07, 6.45) is 3.44. The van der Waals surface area contributed by atoms with Gasteiger partial charge >= 0.3 is 0 Å². The molecular weight excluding hydrogens is 463 g/mol. The van der Waals surface area contributed by atoms with Crippen LogP contribution in [0.5, 0.6) is 17.5 Å². The molecule has 0 bridgehead atoms. The highest BCUT2D eigenvalue weighted by molar-refractivity contribution is 7.90. The van der Waals surface area contributed by atoms with Crippen molar-refractivity contribution in [1.29, 1.82) is 0 Å². The Bertz CT molecular complexity index is 1130. The molecule has 1 aliphatic heterocycles. The molecule has 1 N–H and O–H groups in total. The zero-order chi connectivity index (χ0) is 25.0. The number of nitrogens with one attached hydrogen (secondary N) is 1. The van der Waals surface area contributed by atoms with Crippen molar-refractivity contribution in [3.63, 3.8) is 0 Å². The highest BCUT2D eigenvalue weighted by atomic mass is 32.2. The number of rotatable bonds is 8. The average Bonchev–Trinajstić information content (AvgIpc) is 2.77. The monoisotopic (exact) mass is 494 g/mol. The van der Waals surface area contributed by atoms with Gasteiger partial charge in [0, 0.05) is 32.2 Å². The number of aromatic nitrogens is 2. The number of likely N-dealkylation sites (N-methyl/N-ethyl adjacent to an activating group) is 1. The number of carbonyl (C=O) groups is 1. The third kappa shape index (κ3) is 6.01. The zero-order valence-electron chi connectivity index (χ0n) is 20.0. The van der Waals surface area contributed by atoms with E-state index in [1.54, 1.807) is 14.0 Å². The molecule has 1 aromatic heterocycles. The van der Waals surface area contributed by atoms with E-state index in [-0.39, 0.29) is 40.5 Å². The van der Waals surface area contributed by atoms with E-state index < -0.39 is 15.7 Å². The van der Waals surface area contributed by atoms with Crippen LogP contribution in [0.2, 0.25) is 0 Å². The highest BCUT2D eigenvalue weighted by Gasteiger charge is 2.30. The summed E-state index contributed by atoms with van der Waals surface area (Å²) in [5.74, 6) is -0.261. The first-order valence-electron chi connectivity index (χ1n) is 11.1. The van der Waals surface area contributed by atoms with E-state index in [2.05, 4.69) is 15.3 Å². The van der Waals surface area contributed by atoms with E-state index in [9.17, 15) is 17.6 Å². The molecule has 1 aromatic carbocycles. The Balaban J connectivity index is 1.66. The normalized spacial score (nSPS) is 15.9. The maximum Gasteiger partial charge on any atom is 0.239 e. The molecule has 1 amide bonds. The Labute approximate surface area is 199 Å².